The zero-order chi connectivity index (χ0) is 9.84. The van der Waals surface area contributed by atoms with Gasteiger partial charge in [-0.1, -0.05) is 29.9 Å². The Labute approximate surface area is 82.0 Å². The molecule has 0 radical (unpaired) electrons. The first-order valence-corrected chi connectivity index (χ1v) is 5.08. The van der Waals surface area contributed by atoms with Crippen molar-refractivity contribution in [2.45, 2.75) is 33.1 Å². The first-order chi connectivity index (χ1) is 6.15. The molecule has 1 aliphatic rings. The summed E-state index contributed by atoms with van der Waals surface area (Å²) in [6.45, 7) is 12.2. The molecular formula is C13H20. The van der Waals surface area contributed by atoms with Crippen LogP contribution in [0.5, 0.6) is 0 Å². The minimum absolute atomic E-state index is 0.702. The third kappa shape index (κ3) is 2.58. The molecule has 1 unspecified atom stereocenters. The lowest BCUT2D eigenvalue weighted by molar-refractivity contribution is 0.428. The van der Waals surface area contributed by atoms with Crippen molar-refractivity contribution in [3.8, 4) is 0 Å². The first-order valence-electron chi connectivity index (χ1n) is 5.08. The smallest absolute Gasteiger partial charge is 0.0166 e. The Bertz CT molecular complexity index is 232. The zero-order valence-corrected chi connectivity index (χ0v) is 8.84. The second-order valence-corrected chi connectivity index (χ2v) is 4.18. The van der Waals surface area contributed by atoms with Crippen LogP contribution in [0, 0.1) is 11.8 Å². The third-order valence-corrected chi connectivity index (χ3v) is 3.09. The van der Waals surface area contributed by atoms with Crippen molar-refractivity contribution in [2.75, 3.05) is 0 Å². The van der Waals surface area contributed by atoms with Gasteiger partial charge in [-0.25, -0.2) is 0 Å². The van der Waals surface area contributed by atoms with Crippen LogP contribution in [-0.4, -0.2) is 0 Å². The molecule has 0 N–H and O–H groups in total. The summed E-state index contributed by atoms with van der Waals surface area (Å²) in [5, 5.41) is 0. The summed E-state index contributed by atoms with van der Waals surface area (Å²) in [6.07, 6.45) is 7.98. The van der Waals surface area contributed by atoms with Crippen LogP contribution < -0.4 is 0 Å². The lowest BCUT2D eigenvalue weighted by Crippen LogP contribution is -2.15. The van der Waals surface area contributed by atoms with Gasteiger partial charge in [0.05, 0.1) is 0 Å². The number of rotatable bonds is 3. The van der Waals surface area contributed by atoms with Crippen LogP contribution in [0.15, 0.2) is 36.5 Å². The minimum Gasteiger partial charge on any atom is -0.103 e. The van der Waals surface area contributed by atoms with Gasteiger partial charge >= 0.3 is 0 Å². The van der Waals surface area contributed by atoms with E-state index in [0.717, 1.165) is 6.42 Å². The Hall–Kier alpha value is -0.780. The maximum absolute atomic E-state index is 4.04. The Kier molecular flexibility index (Phi) is 3.53. The van der Waals surface area contributed by atoms with E-state index >= 15 is 0 Å². The van der Waals surface area contributed by atoms with Crippen LogP contribution >= 0.6 is 0 Å². The Balaban J connectivity index is 2.65. The van der Waals surface area contributed by atoms with E-state index in [1.54, 1.807) is 0 Å². The van der Waals surface area contributed by atoms with Gasteiger partial charge in [0.1, 0.15) is 0 Å². The fraction of sp³-hybridized carbons (Fsp3) is 0.538. The SMILES string of the molecule is C=CCC1C[C@H](C(=C)C)CC=C1C. The quantitative estimate of drug-likeness (QED) is 0.568. The third-order valence-electron chi connectivity index (χ3n) is 3.09. The molecule has 0 aromatic rings. The molecule has 0 heterocycles. The molecule has 0 saturated carbocycles. The van der Waals surface area contributed by atoms with Gasteiger partial charge in [0, 0.05) is 0 Å². The van der Waals surface area contributed by atoms with Gasteiger partial charge in [-0.2, -0.15) is 0 Å². The summed E-state index contributed by atoms with van der Waals surface area (Å²) in [4.78, 5) is 0. The van der Waals surface area contributed by atoms with E-state index in [1.165, 1.54) is 24.0 Å². The molecule has 0 saturated heterocycles. The zero-order valence-electron chi connectivity index (χ0n) is 8.84. The molecule has 0 nitrogen and oxygen atoms in total. The molecule has 0 fully saturated rings. The predicted molar refractivity (Wildman–Crippen MR) is 59.6 cm³/mol. The molecule has 0 aromatic heterocycles. The van der Waals surface area contributed by atoms with Crippen molar-refractivity contribution in [1.29, 1.82) is 0 Å². The van der Waals surface area contributed by atoms with Gasteiger partial charge in [-0.05, 0) is 44.9 Å². The molecule has 13 heavy (non-hydrogen) atoms. The van der Waals surface area contributed by atoms with Crippen LogP contribution in [0.1, 0.15) is 33.1 Å². The standard InChI is InChI=1S/C13H20/c1-5-6-13-9-12(10(2)3)8-7-11(13)4/h5,7,12-13H,1-2,6,8-9H2,3-4H3/t12-,13?/m1/s1. The van der Waals surface area contributed by atoms with Crippen LogP contribution in [0.3, 0.4) is 0 Å². The first kappa shape index (κ1) is 10.3. The van der Waals surface area contributed by atoms with Crippen molar-refractivity contribution < 1.29 is 0 Å². The summed E-state index contributed by atoms with van der Waals surface area (Å²) < 4.78 is 0. The van der Waals surface area contributed by atoms with E-state index in [2.05, 4.69) is 33.1 Å². The minimum atomic E-state index is 0.702. The van der Waals surface area contributed by atoms with E-state index in [4.69, 9.17) is 0 Å². The van der Waals surface area contributed by atoms with Crippen molar-refractivity contribution in [3.63, 3.8) is 0 Å². The Morgan fingerprint density at radius 2 is 2.38 bits per heavy atom. The molecule has 72 valence electrons. The lowest BCUT2D eigenvalue weighted by Gasteiger charge is -2.28. The van der Waals surface area contributed by atoms with Gasteiger partial charge < -0.3 is 0 Å². The van der Waals surface area contributed by atoms with Crippen LogP contribution in [0.2, 0.25) is 0 Å². The maximum atomic E-state index is 4.04. The lowest BCUT2D eigenvalue weighted by atomic mass is 9.77. The van der Waals surface area contributed by atoms with E-state index in [-0.39, 0.29) is 0 Å². The Morgan fingerprint density at radius 1 is 1.69 bits per heavy atom. The summed E-state index contributed by atoms with van der Waals surface area (Å²) >= 11 is 0. The highest BCUT2D eigenvalue weighted by atomic mass is 14.3. The summed E-state index contributed by atoms with van der Waals surface area (Å²) in [6, 6.07) is 0. The molecule has 1 rings (SSSR count). The van der Waals surface area contributed by atoms with Crippen LogP contribution in [0.4, 0.5) is 0 Å². The molecular weight excluding hydrogens is 156 g/mol. The van der Waals surface area contributed by atoms with Crippen molar-refractivity contribution in [2.24, 2.45) is 11.8 Å². The second kappa shape index (κ2) is 4.45. The van der Waals surface area contributed by atoms with Gasteiger partial charge in [0.25, 0.3) is 0 Å². The van der Waals surface area contributed by atoms with Gasteiger partial charge in [0.15, 0.2) is 0 Å². The molecule has 0 spiro atoms. The number of hydrogen-bond donors (Lipinski definition) is 0. The number of allylic oxidation sites excluding steroid dienone is 4. The normalized spacial score (nSPS) is 28.0. The highest BCUT2D eigenvalue weighted by molar-refractivity contribution is 5.14. The average Bonchev–Trinajstić information content (AvgIpc) is 2.08. The highest BCUT2D eigenvalue weighted by Crippen LogP contribution is 2.34. The van der Waals surface area contributed by atoms with Gasteiger partial charge in [-0.15, -0.1) is 6.58 Å². The van der Waals surface area contributed by atoms with E-state index in [0.29, 0.717) is 11.8 Å². The summed E-state index contributed by atoms with van der Waals surface area (Å²) in [7, 11) is 0. The molecule has 0 heteroatoms. The molecule has 0 bridgehead atoms. The predicted octanol–water partition coefficient (Wildman–Crippen LogP) is 4.11. The van der Waals surface area contributed by atoms with E-state index in [9.17, 15) is 0 Å². The molecule has 0 aromatic carbocycles. The van der Waals surface area contributed by atoms with Crippen molar-refractivity contribution >= 4 is 0 Å². The molecule has 0 aliphatic heterocycles. The highest BCUT2D eigenvalue weighted by Gasteiger charge is 2.20. The van der Waals surface area contributed by atoms with Crippen LogP contribution in [-0.2, 0) is 0 Å². The maximum Gasteiger partial charge on any atom is -0.0166 e. The largest absolute Gasteiger partial charge is 0.103 e. The van der Waals surface area contributed by atoms with Gasteiger partial charge in [0.2, 0.25) is 0 Å². The fourth-order valence-corrected chi connectivity index (χ4v) is 2.01. The van der Waals surface area contributed by atoms with Crippen molar-refractivity contribution in [3.05, 3.63) is 36.5 Å². The molecule has 0 amide bonds. The second-order valence-electron chi connectivity index (χ2n) is 4.18. The number of hydrogen-bond acceptors (Lipinski definition) is 0. The summed E-state index contributed by atoms with van der Waals surface area (Å²) in [5.74, 6) is 1.42. The average molecular weight is 176 g/mol. The molecule has 1 aliphatic carbocycles. The fourth-order valence-electron chi connectivity index (χ4n) is 2.01. The van der Waals surface area contributed by atoms with E-state index < -0.39 is 0 Å². The topological polar surface area (TPSA) is 0 Å². The monoisotopic (exact) mass is 176 g/mol. The van der Waals surface area contributed by atoms with Crippen molar-refractivity contribution in [1.82, 2.24) is 0 Å². The van der Waals surface area contributed by atoms with Crippen LogP contribution in [0.25, 0.3) is 0 Å². The summed E-state index contributed by atoms with van der Waals surface area (Å²) in [5.41, 5.74) is 2.87. The molecule has 2 atom stereocenters. The Morgan fingerprint density at radius 3 is 2.92 bits per heavy atom. The van der Waals surface area contributed by atoms with E-state index in [1.807, 2.05) is 6.08 Å². The van der Waals surface area contributed by atoms with Gasteiger partial charge in [-0.3, -0.25) is 0 Å².